The minimum atomic E-state index is -0.0682. The molecule has 140 valence electrons. The summed E-state index contributed by atoms with van der Waals surface area (Å²) in [7, 11) is 0. The summed E-state index contributed by atoms with van der Waals surface area (Å²) in [6.07, 6.45) is 3.78. The average molecular weight is 363 g/mol. The first kappa shape index (κ1) is 18.9. The van der Waals surface area contributed by atoms with E-state index in [9.17, 15) is 9.59 Å². The van der Waals surface area contributed by atoms with Crippen LogP contribution in [0.4, 0.5) is 0 Å². The molecule has 0 bridgehead atoms. The molecule has 0 unspecified atom stereocenters. The van der Waals surface area contributed by atoms with Crippen LogP contribution in [0.25, 0.3) is 11.0 Å². The van der Waals surface area contributed by atoms with Crippen molar-refractivity contribution in [2.75, 3.05) is 0 Å². The van der Waals surface area contributed by atoms with Gasteiger partial charge in [-0.3, -0.25) is 9.59 Å². The monoisotopic (exact) mass is 363 g/mol. The quantitative estimate of drug-likeness (QED) is 0.605. The fourth-order valence-corrected chi connectivity index (χ4v) is 3.12. The first-order valence-electron chi connectivity index (χ1n) is 9.41. The lowest BCUT2D eigenvalue weighted by Gasteiger charge is -2.23. The summed E-state index contributed by atoms with van der Waals surface area (Å²) < 4.78 is 5.65. The fourth-order valence-electron chi connectivity index (χ4n) is 3.12. The summed E-state index contributed by atoms with van der Waals surface area (Å²) >= 11 is 0. The Hall–Kier alpha value is -2.88. The number of benzene rings is 2. The van der Waals surface area contributed by atoms with Crippen molar-refractivity contribution >= 4 is 16.9 Å². The molecule has 1 aromatic heterocycles. The van der Waals surface area contributed by atoms with Crippen LogP contribution in [0.5, 0.6) is 0 Å². The maximum absolute atomic E-state index is 12.9. The number of fused-ring (bicyclic) bond motifs is 1. The molecule has 0 radical (unpaired) electrons. The summed E-state index contributed by atoms with van der Waals surface area (Å²) in [6.45, 7) is 4.75. The standard InChI is InChI=1S/C23H25NO3/c1-3-4-10-22(25)24(14-18-8-6-5-7-9-18)15-19-16-27-21-12-11-17(2)13-20(21)23(19)26/h5-9,11-13,16H,3-4,10,14-15H2,1-2H3. The second-order valence-electron chi connectivity index (χ2n) is 6.93. The van der Waals surface area contributed by atoms with Crippen LogP contribution in [-0.4, -0.2) is 10.8 Å². The number of amides is 1. The van der Waals surface area contributed by atoms with Gasteiger partial charge in [-0.15, -0.1) is 0 Å². The average Bonchev–Trinajstić information content (AvgIpc) is 2.68. The molecule has 0 N–H and O–H groups in total. The molecule has 0 atom stereocenters. The highest BCUT2D eigenvalue weighted by molar-refractivity contribution is 5.78. The number of carbonyl (C=O) groups excluding carboxylic acids is 1. The van der Waals surface area contributed by atoms with Crippen LogP contribution < -0.4 is 5.43 Å². The highest BCUT2D eigenvalue weighted by Gasteiger charge is 2.17. The van der Waals surface area contributed by atoms with E-state index in [2.05, 4.69) is 6.92 Å². The normalized spacial score (nSPS) is 10.9. The smallest absolute Gasteiger partial charge is 0.223 e. The topological polar surface area (TPSA) is 50.5 Å². The van der Waals surface area contributed by atoms with E-state index in [-0.39, 0.29) is 17.9 Å². The third kappa shape index (κ3) is 4.64. The molecule has 3 rings (SSSR count). The highest BCUT2D eigenvalue weighted by atomic mass is 16.3. The molecule has 0 saturated heterocycles. The van der Waals surface area contributed by atoms with E-state index < -0.39 is 0 Å². The lowest BCUT2D eigenvalue weighted by Crippen LogP contribution is -2.31. The van der Waals surface area contributed by atoms with Crippen molar-refractivity contribution in [1.29, 1.82) is 0 Å². The van der Waals surface area contributed by atoms with Crippen molar-refractivity contribution in [3.8, 4) is 0 Å². The first-order chi connectivity index (χ1) is 13.1. The zero-order valence-electron chi connectivity index (χ0n) is 15.9. The summed E-state index contributed by atoms with van der Waals surface area (Å²) in [5.41, 5.74) is 3.06. The summed E-state index contributed by atoms with van der Waals surface area (Å²) in [5.74, 6) is 0.0597. The van der Waals surface area contributed by atoms with E-state index in [4.69, 9.17) is 4.42 Å². The van der Waals surface area contributed by atoms with Gasteiger partial charge in [-0.25, -0.2) is 0 Å². The second-order valence-corrected chi connectivity index (χ2v) is 6.93. The van der Waals surface area contributed by atoms with Crippen molar-refractivity contribution in [3.05, 3.63) is 81.7 Å². The van der Waals surface area contributed by atoms with E-state index in [1.54, 1.807) is 4.90 Å². The molecule has 1 amide bonds. The highest BCUT2D eigenvalue weighted by Crippen LogP contribution is 2.16. The molecule has 27 heavy (non-hydrogen) atoms. The molecule has 0 saturated carbocycles. The minimum Gasteiger partial charge on any atom is -0.464 e. The van der Waals surface area contributed by atoms with E-state index in [0.717, 1.165) is 24.0 Å². The van der Waals surface area contributed by atoms with E-state index in [0.29, 0.717) is 29.5 Å². The molecule has 0 aliphatic heterocycles. The Kier molecular flexibility index (Phi) is 6.07. The van der Waals surface area contributed by atoms with Gasteiger partial charge in [0, 0.05) is 13.0 Å². The Bertz CT molecular complexity index is 976. The van der Waals surface area contributed by atoms with Crippen LogP contribution in [0.1, 0.15) is 42.9 Å². The van der Waals surface area contributed by atoms with Gasteiger partial charge in [-0.1, -0.05) is 55.3 Å². The van der Waals surface area contributed by atoms with Gasteiger partial charge < -0.3 is 9.32 Å². The van der Waals surface area contributed by atoms with Gasteiger partial charge in [0.1, 0.15) is 5.58 Å². The SMILES string of the molecule is CCCCC(=O)N(Cc1ccccc1)Cc1coc2ccc(C)cc2c1=O. The molecule has 0 aliphatic rings. The Morgan fingerprint density at radius 3 is 2.59 bits per heavy atom. The minimum absolute atomic E-state index is 0.0597. The molecule has 3 aromatic rings. The molecule has 0 fully saturated rings. The second kappa shape index (κ2) is 8.67. The van der Waals surface area contributed by atoms with E-state index >= 15 is 0 Å². The largest absolute Gasteiger partial charge is 0.464 e. The molecule has 4 heteroatoms. The Morgan fingerprint density at radius 2 is 1.85 bits per heavy atom. The van der Waals surface area contributed by atoms with Crippen LogP contribution in [-0.2, 0) is 17.9 Å². The predicted octanol–water partition coefficient (Wildman–Crippen LogP) is 4.82. The Labute approximate surface area is 159 Å². The summed E-state index contributed by atoms with van der Waals surface area (Å²) in [5, 5.41) is 0.563. The zero-order chi connectivity index (χ0) is 19.2. The van der Waals surface area contributed by atoms with E-state index in [1.807, 2.05) is 55.5 Å². The molecule has 0 spiro atoms. The number of hydrogen-bond acceptors (Lipinski definition) is 3. The molecule has 1 heterocycles. The van der Waals surface area contributed by atoms with Crippen molar-refractivity contribution in [2.24, 2.45) is 0 Å². The maximum Gasteiger partial charge on any atom is 0.223 e. The van der Waals surface area contributed by atoms with Crippen LogP contribution in [0.2, 0.25) is 0 Å². The van der Waals surface area contributed by atoms with Crippen molar-refractivity contribution in [1.82, 2.24) is 4.90 Å². The van der Waals surface area contributed by atoms with Gasteiger partial charge in [-0.2, -0.15) is 0 Å². The van der Waals surface area contributed by atoms with Gasteiger partial charge >= 0.3 is 0 Å². The van der Waals surface area contributed by atoms with Crippen LogP contribution in [0.15, 0.2) is 64.0 Å². The molecular formula is C23H25NO3. The molecule has 4 nitrogen and oxygen atoms in total. The van der Waals surface area contributed by atoms with Crippen LogP contribution >= 0.6 is 0 Å². The number of carbonyl (C=O) groups is 1. The third-order valence-corrected chi connectivity index (χ3v) is 4.67. The lowest BCUT2D eigenvalue weighted by atomic mass is 10.1. The Balaban J connectivity index is 1.91. The Morgan fingerprint density at radius 1 is 1.07 bits per heavy atom. The van der Waals surface area contributed by atoms with Crippen molar-refractivity contribution in [2.45, 2.75) is 46.2 Å². The van der Waals surface area contributed by atoms with Gasteiger partial charge in [0.15, 0.2) is 5.43 Å². The van der Waals surface area contributed by atoms with Gasteiger partial charge in [0.05, 0.1) is 23.8 Å². The van der Waals surface area contributed by atoms with E-state index in [1.165, 1.54) is 6.26 Å². The summed E-state index contributed by atoms with van der Waals surface area (Å²) in [6, 6.07) is 15.4. The lowest BCUT2D eigenvalue weighted by molar-refractivity contribution is -0.132. The maximum atomic E-state index is 12.9. The summed E-state index contributed by atoms with van der Waals surface area (Å²) in [4.78, 5) is 27.4. The number of nitrogens with zero attached hydrogens (tertiary/aromatic N) is 1. The third-order valence-electron chi connectivity index (χ3n) is 4.67. The van der Waals surface area contributed by atoms with Gasteiger partial charge in [0.2, 0.25) is 5.91 Å². The van der Waals surface area contributed by atoms with Crippen molar-refractivity contribution in [3.63, 3.8) is 0 Å². The number of hydrogen-bond donors (Lipinski definition) is 0. The van der Waals surface area contributed by atoms with Crippen LogP contribution in [0, 0.1) is 6.92 Å². The number of aryl methyl sites for hydroxylation is 1. The van der Waals surface area contributed by atoms with Crippen LogP contribution in [0.3, 0.4) is 0 Å². The zero-order valence-corrected chi connectivity index (χ0v) is 15.9. The first-order valence-corrected chi connectivity index (χ1v) is 9.41. The molecule has 2 aromatic carbocycles. The number of rotatable bonds is 7. The number of unbranched alkanes of at least 4 members (excludes halogenated alkanes) is 1. The fraction of sp³-hybridized carbons (Fsp3) is 0.304. The molecular weight excluding hydrogens is 338 g/mol. The molecule has 0 aliphatic carbocycles. The van der Waals surface area contributed by atoms with Crippen molar-refractivity contribution < 1.29 is 9.21 Å². The van der Waals surface area contributed by atoms with Gasteiger partial charge in [0.25, 0.3) is 0 Å². The van der Waals surface area contributed by atoms with Gasteiger partial charge in [-0.05, 0) is 31.0 Å². The predicted molar refractivity (Wildman–Crippen MR) is 107 cm³/mol.